The van der Waals surface area contributed by atoms with Gasteiger partial charge in [-0.1, -0.05) is 69.9 Å². The second-order valence-corrected chi connectivity index (χ2v) is 7.46. The van der Waals surface area contributed by atoms with E-state index in [0.29, 0.717) is 15.1 Å². The second kappa shape index (κ2) is 9.28. The number of benzene rings is 2. The Morgan fingerprint density at radius 3 is 2.65 bits per heavy atom. The molecule has 0 bridgehead atoms. The lowest BCUT2D eigenvalue weighted by atomic mass is 10.2. The summed E-state index contributed by atoms with van der Waals surface area (Å²) in [5.41, 5.74) is 1.64. The predicted octanol–water partition coefficient (Wildman–Crippen LogP) is 6.74. The zero-order valence-corrected chi connectivity index (χ0v) is 16.5. The highest BCUT2D eigenvalue weighted by Crippen LogP contribution is 2.33. The van der Waals surface area contributed by atoms with Crippen molar-refractivity contribution in [3.8, 4) is 0 Å². The molecule has 0 fully saturated rings. The molecule has 3 rings (SSSR count). The lowest BCUT2D eigenvalue weighted by molar-refractivity contribution is 0.132. The number of oxime groups is 1. The van der Waals surface area contributed by atoms with E-state index in [1.807, 2.05) is 42.5 Å². The van der Waals surface area contributed by atoms with Gasteiger partial charge in [0.1, 0.15) is 11.6 Å². The van der Waals surface area contributed by atoms with Crippen LogP contribution in [0.4, 0.5) is 0 Å². The van der Waals surface area contributed by atoms with Crippen LogP contribution in [-0.2, 0) is 11.4 Å². The zero-order valence-electron chi connectivity index (χ0n) is 13.4. The minimum atomic E-state index is 0.250. The topological polar surface area (TPSA) is 34.5 Å². The average Bonchev–Trinajstić information content (AvgIpc) is 2.63. The molecule has 0 aliphatic rings. The maximum atomic E-state index is 6.22. The van der Waals surface area contributed by atoms with Crippen molar-refractivity contribution >= 4 is 52.8 Å². The zero-order chi connectivity index (χ0) is 18.4. The molecule has 0 unspecified atom stereocenters. The summed E-state index contributed by atoms with van der Waals surface area (Å²) in [5.74, 6) is 0. The minimum Gasteiger partial charge on any atom is -0.391 e. The van der Waals surface area contributed by atoms with Gasteiger partial charge in [0.05, 0.1) is 11.2 Å². The highest BCUT2D eigenvalue weighted by atomic mass is 35.5. The van der Waals surface area contributed by atoms with Crippen molar-refractivity contribution in [3.05, 3.63) is 87.0 Å². The van der Waals surface area contributed by atoms with Gasteiger partial charge in [0.2, 0.25) is 0 Å². The van der Waals surface area contributed by atoms with E-state index in [0.717, 1.165) is 21.0 Å². The maximum absolute atomic E-state index is 6.22. The first-order valence-electron chi connectivity index (χ1n) is 7.60. The first-order chi connectivity index (χ1) is 12.6. The van der Waals surface area contributed by atoms with Gasteiger partial charge in [0.25, 0.3) is 0 Å². The summed E-state index contributed by atoms with van der Waals surface area (Å²) in [6, 6.07) is 16.6. The van der Waals surface area contributed by atoms with E-state index in [4.69, 9.17) is 39.6 Å². The molecular formula is C19H13Cl3N2OS. The van der Waals surface area contributed by atoms with Crippen LogP contribution in [0.5, 0.6) is 0 Å². The van der Waals surface area contributed by atoms with Crippen LogP contribution in [0.3, 0.4) is 0 Å². The third kappa shape index (κ3) is 5.15. The van der Waals surface area contributed by atoms with Crippen molar-refractivity contribution in [1.29, 1.82) is 0 Å². The molecule has 1 heterocycles. The summed E-state index contributed by atoms with van der Waals surface area (Å²) < 4.78 is 0. The highest BCUT2D eigenvalue weighted by Gasteiger charge is 2.07. The fraction of sp³-hybridized carbons (Fsp3) is 0.0526. The minimum absolute atomic E-state index is 0.250. The van der Waals surface area contributed by atoms with Crippen LogP contribution in [0.2, 0.25) is 15.1 Å². The number of hydrogen-bond acceptors (Lipinski definition) is 4. The van der Waals surface area contributed by atoms with E-state index in [1.54, 1.807) is 24.5 Å². The summed E-state index contributed by atoms with van der Waals surface area (Å²) in [7, 11) is 0. The van der Waals surface area contributed by atoms with E-state index in [2.05, 4.69) is 10.1 Å². The fourth-order valence-corrected chi connectivity index (χ4v) is 3.65. The van der Waals surface area contributed by atoms with Gasteiger partial charge in [-0.05, 0) is 36.4 Å². The van der Waals surface area contributed by atoms with Crippen molar-refractivity contribution in [2.24, 2.45) is 5.16 Å². The Balaban J connectivity index is 1.68. The predicted molar refractivity (Wildman–Crippen MR) is 109 cm³/mol. The average molecular weight is 424 g/mol. The van der Waals surface area contributed by atoms with E-state index in [1.165, 1.54) is 11.8 Å². The number of nitrogens with zero attached hydrogens (tertiary/aromatic N) is 2. The van der Waals surface area contributed by atoms with Crippen LogP contribution >= 0.6 is 46.6 Å². The molecule has 1 aromatic heterocycles. The Morgan fingerprint density at radius 2 is 1.85 bits per heavy atom. The first-order valence-corrected chi connectivity index (χ1v) is 9.55. The van der Waals surface area contributed by atoms with Crippen molar-refractivity contribution in [1.82, 2.24) is 4.98 Å². The summed E-state index contributed by atoms with van der Waals surface area (Å²) >= 11 is 19.7. The Labute approximate surface area is 170 Å². The number of aromatic nitrogens is 1. The molecule has 3 aromatic rings. The van der Waals surface area contributed by atoms with Gasteiger partial charge in [-0.15, -0.1) is 0 Å². The maximum Gasteiger partial charge on any atom is 0.143 e. The SMILES string of the molecule is Clc1ccc(CO/N=C/c2cccnc2Sc2ccccc2Cl)c(Cl)c1. The lowest BCUT2D eigenvalue weighted by Crippen LogP contribution is -1.92. The summed E-state index contributed by atoms with van der Waals surface area (Å²) in [4.78, 5) is 10.7. The molecule has 0 amide bonds. The van der Waals surface area contributed by atoms with E-state index in [9.17, 15) is 0 Å². The quantitative estimate of drug-likeness (QED) is 0.325. The molecule has 3 nitrogen and oxygen atoms in total. The monoisotopic (exact) mass is 422 g/mol. The molecule has 0 saturated carbocycles. The van der Waals surface area contributed by atoms with E-state index in [-0.39, 0.29) is 6.61 Å². The first kappa shape index (κ1) is 19.1. The number of rotatable bonds is 6. The Morgan fingerprint density at radius 1 is 1.00 bits per heavy atom. The Kier molecular flexibility index (Phi) is 6.80. The second-order valence-electron chi connectivity index (χ2n) is 5.17. The van der Waals surface area contributed by atoms with E-state index >= 15 is 0 Å². The van der Waals surface area contributed by atoms with Gasteiger partial charge < -0.3 is 4.84 Å². The van der Waals surface area contributed by atoms with Gasteiger partial charge in [0, 0.05) is 32.3 Å². The van der Waals surface area contributed by atoms with Crippen LogP contribution < -0.4 is 0 Å². The molecule has 2 aromatic carbocycles. The highest BCUT2D eigenvalue weighted by molar-refractivity contribution is 7.99. The van der Waals surface area contributed by atoms with E-state index < -0.39 is 0 Å². The molecule has 0 aliphatic heterocycles. The molecular weight excluding hydrogens is 411 g/mol. The Bertz CT molecular complexity index is 934. The van der Waals surface area contributed by atoms with Crippen LogP contribution in [0, 0.1) is 0 Å². The van der Waals surface area contributed by atoms with Crippen molar-refractivity contribution < 1.29 is 4.84 Å². The van der Waals surface area contributed by atoms with Gasteiger partial charge in [0.15, 0.2) is 0 Å². The largest absolute Gasteiger partial charge is 0.391 e. The van der Waals surface area contributed by atoms with Gasteiger partial charge in [-0.2, -0.15) is 0 Å². The molecule has 0 aliphatic carbocycles. The molecule has 0 saturated heterocycles. The molecule has 0 atom stereocenters. The van der Waals surface area contributed by atoms with Gasteiger partial charge in [-0.3, -0.25) is 0 Å². The standard InChI is InChI=1S/C19H13Cl3N2OS/c20-15-8-7-14(17(22)10-15)12-25-24-11-13-4-3-9-23-19(13)26-18-6-2-1-5-16(18)21/h1-11H,12H2/b24-11+. The van der Waals surface area contributed by atoms with Crippen molar-refractivity contribution in [2.75, 3.05) is 0 Å². The molecule has 0 spiro atoms. The third-order valence-electron chi connectivity index (χ3n) is 3.35. The van der Waals surface area contributed by atoms with Crippen molar-refractivity contribution in [2.45, 2.75) is 16.5 Å². The van der Waals surface area contributed by atoms with Crippen LogP contribution in [0.1, 0.15) is 11.1 Å². The van der Waals surface area contributed by atoms with Gasteiger partial charge >= 0.3 is 0 Å². The Hall–Kier alpha value is -1.72. The molecule has 7 heteroatoms. The molecule has 0 N–H and O–H groups in total. The van der Waals surface area contributed by atoms with Crippen LogP contribution in [-0.4, -0.2) is 11.2 Å². The number of pyridine rings is 1. The number of hydrogen-bond donors (Lipinski definition) is 0. The summed E-state index contributed by atoms with van der Waals surface area (Å²) in [6.45, 7) is 0.250. The van der Waals surface area contributed by atoms with Gasteiger partial charge in [-0.25, -0.2) is 4.98 Å². The molecule has 26 heavy (non-hydrogen) atoms. The smallest absolute Gasteiger partial charge is 0.143 e. The summed E-state index contributed by atoms with van der Waals surface area (Å²) in [5, 5.41) is 6.62. The number of halogens is 3. The van der Waals surface area contributed by atoms with Crippen molar-refractivity contribution in [3.63, 3.8) is 0 Å². The van der Waals surface area contributed by atoms with Crippen LogP contribution in [0.25, 0.3) is 0 Å². The molecule has 0 radical (unpaired) electrons. The lowest BCUT2D eigenvalue weighted by Gasteiger charge is -2.06. The molecule has 132 valence electrons. The third-order valence-corrected chi connectivity index (χ3v) is 5.48. The fourth-order valence-electron chi connectivity index (χ4n) is 2.06. The normalized spacial score (nSPS) is 11.0. The van der Waals surface area contributed by atoms with Crippen LogP contribution in [0.15, 0.2) is 75.9 Å². The summed E-state index contributed by atoms with van der Waals surface area (Å²) in [6.07, 6.45) is 3.35.